The van der Waals surface area contributed by atoms with Crippen LogP contribution in [-0.2, 0) is 4.74 Å². The molecular weight excluding hydrogens is 364 g/mol. The van der Waals surface area contributed by atoms with E-state index in [1.54, 1.807) is 13.3 Å². The predicted molar refractivity (Wildman–Crippen MR) is 117 cm³/mol. The fourth-order valence-electron chi connectivity index (χ4n) is 3.92. The van der Waals surface area contributed by atoms with Crippen LogP contribution in [0.2, 0.25) is 0 Å². The molecule has 7 nitrogen and oxygen atoms in total. The summed E-state index contributed by atoms with van der Waals surface area (Å²) in [5, 5.41) is 7.67. The molecular formula is C22H28N6O. The van der Waals surface area contributed by atoms with Gasteiger partial charge in [0.15, 0.2) is 0 Å². The van der Waals surface area contributed by atoms with Crippen molar-refractivity contribution in [1.82, 2.24) is 4.98 Å². The highest BCUT2D eigenvalue weighted by molar-refractivity contribution is 5.89. The number of morpholine rings is 1. The summed E-state index contributed by atoms with van der Waals surface area (Å²) >= 11 is 0. The molecule has 0 amide bonds. The summed E-state index contributed by atoms with van der Waals surface area (Å²) in [6.07, 6.45) is 7.17. The van der Waals surface area contributed by atoms with E-state index in [0.29, 0.717) is 5.69 Å². The zero-order valence-electron chi connectivity index (χ0n) is 16.7. The van der Waals surface area contributed by atoms with E-state index >= 15 is 0 Å². The summed E-state index contributed by atoms with van der Waals surface area (Å²) in [6.45, 7) is 2.45. The number of nitrogen functional groups attached to an aromatic ring is 1. The quantitative estimate of drug-likeness (QED) is 0.516. The van der Waals surface area contributed by atoms with Gasteiger partial charge in [0, 0.05) is 44.5 Å². The van der Waals surface area contributed by atoms with E-state index < -0.39 is 0 Å². The first-order valence-electron chi connectivity index (χ1n) is 9.98. The Hall–Kier alpha value is -2.77. The van der Waals surface area contributed by atoms with Crippen LogP contribution in [0.15, 0.2) is 41.5 Å². The lowest BCUT2D eigenvalue weighted by Gasteiger charge is -2.34. The predicted octanol–water partition coefficient (Wildman–Crippen LogP) is 2.51. The third-order valence-electron chi connectivity index (χ3n) is 5.83. The number of benzene rings is 1. The number of aliphatic imine (C=N–C) groups is 1. The maximum absolute atomic E-state index is 7.67. The number of hydrogen-bond donors (Lipinski definition) is 3. The molecule has 2 fully saturated rings. The molecule has 4 rings (SSSR count). The lowest BCUT2D eigenvalue weighted by Crippen LogP contribution is -2.44. The monoisotopic (exact) mass is 392 g/mol. The number of pyridine rings is 1. The molecule has 7 heteroatoms. The van der Waals surface area contributed by atoms with Gasteiger partial charge in [-0.3, -0.25) is 4.99 Å². The molecule has 2 unspecified atom stereocenters. The van der Waals surface area contributed by atoms with Gasteiger partial charge in [0.1, 0.15) is 5.82 Å². The van der Waals surface area contributed by atoms with Crippen LogP contribution in [0.4, 0.5) is 11.5 Å². The minimum absolute atomic E-state index is 0.0411. The van der Waals surface area contributed by atoms with Crippen LogP contribution in [-0.4, -0.2) is 49.8 Å². The van der Waals surface area contributed by atoms with Gasteiger partial charge in [-0.05, 0) is 47.7 Å². The van der Waals surface area contributed by atoms with Crippen LogP contribution in [0.1, 0.15) is 41.5 Å². The van der Waals surface area contributed by atoms with Crippen LogP contribution in [0.25, 0.3) is 0 Å². The lowest BCUT2D eigenvalue weighted by molar-refractivity contribution is 0.0203. The summed E-state index contributed by atoms with van der Waals surface area (Å²) < 4.78 is 5.92. The molecule has 1 aromatic heterocycles. The van der Waals surface area contributed by atoms with Crippen LogP contribution < -0.4 is 16.4 Å². The number of rotatable bonds is 6. The lowest BCUT2D eigenvalue weighted by atomic mass is 9.93. The SMILES string of the molecule is CN=CC(C=N)c1ccc(N)c(C(N)c2ccnc(N3CCOC4(CC4)C3)c2)c1. The molecule has 152 valence electrons. The van der Waals surface area contributed by atoms with E-state index in [1.807, 2.05) is 30.5 Å². The van der Waals surface area contributed by atoms with Crippen molar-refractivity contribution in [3.05, 3.63) is 53.2 Å². The van der Waals surface area contributed by atoms with E-state index in [2.05, 4.69) is 20.9 Å². The molecule has 1 spiro atoms. The van der Waals surface area contributed by atoms with E-state index in [4.69, 9.17) is 21.6 Å². The van der Waals surface area contributed by atoms with Crippen molar-refractivity contribution in [3.8, 4) is 0 Å². The van der Waals surface area contributed by atoms with Crippen molar-refractivity contribution in [2.24, 2.45) is 10.7 Å². The normalized spacial score (nSPS) is 20.0. The average Bonchev–Trinajstić information content (AvgIpc) is 3.50. The van der Waals surface area contributed by atoms with Gasteiger partial charge in [-0.25, -0.2) is 4.98 Å². The average molecular weight is 393 g/mol. The van der Waals surface area contributed by atoms with Crippen LogP contribution in [0.3, 0.4) is 0 Å². The number of anilines is 2. The topological polar surface area (TPSA) is 114 Å². The zero-order chi connectivity index (χ0) is 20.4. The third-order valence-corrected chi connectivity index (χ3v) is 5.83. The van der Waals surface area contributed by atoms with Gasteiger partial charge in [-0.15, -0.1) is 0 Å². The minimum Gasteiger partial charge on any atom is -0.398 e. The molecule has 2 heterocycles. The van der Waals surface area contributed by atoms with Gasteiger partial charge in [0.25, 0.3) is 0 Å². The number of nitrogens with two attached hydrogens (primary N) is 2. The summed E-state index contributed by atoms with van der Waals surface area (Å²) in [5.41, 5.74) is 16.3. The van der Waals surface area contributed by atoms with Crippen LogP contribution in [0, 0.1) is 5.41 Å². The van der Waals surface area contributed by atoms with Gasteiger partial charge >= 0.3 is 0 Å². The summed E-state index contributed by atoms with van der Waals surface area (Å²) in [4.78, 5) is 10.9. The molecule has 1 saturated carbocycles. The summed E-state index contributed by atoms with van der Waals surface area (Å²) in [6, 6.07) is 9.37. The Morgan fingerprint density at radius 3 is 2.83 bits per heavy atom. The van der Waals surface area contributed by atoms with Crippen molar-refractivity contribution >= 4 is 23.9 Å². The highest BCUT2D eigenvalue weighted by Gasteiger charge is 2.47. The fraction of sp³-hybridized carbons (Fsp3) is 0.409. The molecule has 1 aliphatic carbocycles. The van der Waals surface area contributed by atoms with E-state index in [-0.39, 0.29) is 17.6 Å². The maximum Gasteiger partial charge on any atom is 0.128 e. The van der Waals surface area contributed by atoms with Crippen LogP contribution >= 0.6 is 0 Å². The first-order chi connectivity index (χ1) is 14.0. The Balaban J connectivity index is 1.61. The summed E-state index contributed by atoms with van der Waals surface area (Å²) in [5.74, 6) is 0.736. The Morgan fingerprint density at radius 1 is 1.28 bits per heavy atom. The third kappa shape index (κ3) is 4.02. The van der Waals surface area contributed by atoms with E-state index in [9.17, 15) is 0 Å². The van der Waals surface area contributed by atoms with Gasteiger partial charge in [-0.1, -0.05) is 12.1 Å². The van der Waals surface area contributed by atoms with Crippen molar-refractivity contribution < 1.29 is 4.74 Å². The molecule has 29 heavy (non-hydrogen) atoms. The number of hydrogen-bond acceptors (Lipinski definition) is 7. The standard InChI is InChI=1S/C22H28N6O/c1-26-13-17(12-23)15-2-3-19(24)18(10-15)21(25)16-4-7-27-20(11-16)28-8-9-29-22(14-28)5-6-22/h2-4,7,10-13,17,21,23H,5-6,8-9,14,24-25H2,1H3. The number of nitrogens with one attached hydrogen (secondary N) is 1. The molecule has 2 aliphatic rings. The van der Waals surface area contributed by atoms with Crippen molar-refractivity contribution in [3.63, 3.8) is 0 Å². The fourth-order valence-corrected chi connectivity index (χ4v) is 3.92. The largest absolute Gasteiger partial charge is 0.398 e. The Bertz CT molecular complexity index is 923. The zero-order valence-corrected chi connectivity index (χ0v) is 16.7. The van der Waals surface area contributed by atoms with E-state index in [1.165, 1.54) is 6.21 Å². The Kier molecular flexibility index (Phi) is 5.34. The number of aromatic nitrogens is 1. The van der Waals surface area contributed by atoms with Crippen LogP contribution in [0.5, 0.6) is 0 Å². The van der Waals surface area contributed by atoms with Gasteiger partial charge < -0.3 is 26.5 Å². The van der Waals surface area contributed by atoms with Crippen molar-refractivity contribution in [2.45, 2.75) is 30.4 Å². The second kappa shape index (κ2) is 7.93. The van der Waals surface area contributed by atoms with E-state index in [0.717, 1.165) is 55.0 Å². The minimum atomic E-state index is -0.377. The molecule has 0 radical (unpaired) electrons. The van der Waals surface area contributed by atoms with Crippen molar-refractivity contribution in [1.29, 1.82) is 5.41 Å². The second-order valence-electron chi connectivity index (χ2n) is 7.87. The molecule has 2 aromatic rings. The molecule has 2 atom stereocenters. The second-order valence-corrected chi connectivity index (χ2v) is 7.87. The highest BCUT2D eigenvalue weighted by Crippen LogP contribution is 2.42. The van der Waals surface area contributed by atoms with Crippen molar-refractivity contribution in [2.75, 3.05) is 37.4 Å². The van der Waals surface area contributed by atoms with Gasteiger partial charge in [0.05, 0.1) is 24.2 Å². The molecule has 1 saturated heterocycles. The Labute approximate surface area is 171 Å². The summed E-state index contributed by atoms with van der Waals surface area (Å²) in [7, 11) is 1.70. The smallest absolute Gasteiger partial charge is 0.128 e. The van der Waals surface area contributed by atoms with Gasteiger partial charge in [-0.2, -0.15) is 0 Å². The first kappa shape index (κ1) is 19.5. The maximum atomic E-state index is 7.67. The molecule has 5 N–H and O–H groups in total. The van der Waals surface area contributed by atoms with Gasteiger partial charge in [0.2, 0.25) is 0 Å². The molecule has 0 bridgehead atoms. The first-order valence-corrected chi connectivity index (χ1v) is 9.98. The Morgan fingerprint density at radius 2 is 2.10 bits per heavy atom. The number of nitrogens with zero attached hydrogens (tertiary/aromatic N) is 3. The highest BCUT2D eigenvalue weighted by atomic mass is 16.5. The molecule has 1 aromatic carbocycles. The molecule has 1 aliphatic heterocycles. The number of ether oxygens (including phenoxy) is 1.